The highest BCUT2D eigenvalue weighted by Gasteiger charge is 2.18. The van der Waals surface area contributed by atoms with E-state index in [1.807, 2.05) is 60.7 Å². The van der Waals surface area contributed by atoms with Crippen LogP contribution in [0, 0.1) is 5.82 Å². The van der Waals surface area contributed by atoms with Crippen LogP contribution in [0.25, 0.3) is 10.6 Å². The Morgan fingerprint density at radius 2 is 1.68 bits per heavy atom. The predicted molar refractivity (Wildman–Crippen MR) is 121 cm³/mol. The fourth-order valence-corrected chi connectivity index (χ4v) is 3.94. The number of ether oxygens (including phenoxy) is 1. The van der Waals surface area contributed by atoms with Gasteiger partial charge in [-0.15, -0.1) is 11.3 Å². The summed E-state index contributed by atoms with van der Waals surface area (Å²) in [4.78, 5) is 18.7. The van der Waals surface area contributed by atoms with Crippen LogP contribution in [0.3, 0.4) is 0 Å². The molecule has 0 N–H and O–H groups in total. The van der Waals surface area contributed by atoms with Crippen LogP contribution in [-0.4, -0.2) is 22.8 Å². The van der Waals surface area contributed by atoms with E-state index < -0.39 is 5.82 Å². The Hall–Kier alpha value is -3.51. The van der Waals surface area contributed by atoms with Crippen molar-refractivity contribution in [3.63, 3.8) is 0 Å². The molecule has 0 saturated carbocycles. The third kappa shape index (κ3) is 5.16. The lowest BCUT2D eigenvalue weighted by Gasteiger charge is -2.15. The lowest BCUT2D eigenvalue weighted by Crippen LogP contribution is -2.26. The standard InChI is InChI=1S/C25H21FN2O2S/c1-28(15-18-8-4-2-5-9-18)25(29)23-17-31-24(27-23)21-13-12-20(14-22(21)26)30-16-19-10-6-3-7-11-19/h2-14,17H,15-16H2,1H3. The molecule has 0 radical (unpaired) electrons. The lowest BCUT2D eigenvalue weighted by atomic mass is 10.2. The number of benzene rings is 3. The van der Waals surface area contributed by atoms with Crippen molar-refractivity contribution in [2.24, 2.45) is 0 Å². The Balaban J connectivity index is 1.43. The zero-order chi connectivity index (χ0) is 21.6. The Kier molecular flexibility index (Phi) is 6.38. The Morgan fingerprint density at radius 1 is 1.00 bits per heavy atom. The van der Waals surface area contributed by atoms with E-state index in [4.69, 9.17) is 4.74 Å². The van der Waals surface area contributed by atoms with Gasteiger partial charge in [0.25, 0.3) is 5.91 Å². The second kappa shape index (κ2) is 9.53. The largest absolute Gasteiger partial charge is 0.489 e. The van der Waals surface area contributed by atoms with Crippen LogP contribution >= 0.6 is 11.3 Å². The van der Waals surface area contributed by atoms with Gasteiger partial charge in [0, 0.05) is 30.6 Å². The van der Waals surface area contributed by atoms with Crippen molar-refractivity contribution in [2.75, 3.05) is 7.05 Å². The Labute approximate surface area is 184 Å². The molecule has 1 heterocycles. The Bertz CT molecular complexity index is 1160. The number of amides is 1. The molecule has 0 unspecified atom stereocenters. The van der Waals surface area contributed by atoms with Crippen LogP contribution < -0.4 is 4.74 Å². The number of nitrogens with zero attached hydrogens (tertiary/aromatic N) is 2. The number of carbonyl (C=O) groups excluding carboxylic acids is 1. The van der Waals surface area contributed by atoms with Gasteiger partial charge in [0.1, 0.15) is 28.9 Å². The maximum Gasteiger partial charge on any atom is 0.273 e. The average molecular weight is 433 g/mol. The molecule has 4 nitrogen and oxygen atoms in total. The minimum Gasteiger partial charge on any atom is -0.489 e. The van der Waals surface area contributed by atoms with Crippen molar-refractivity contribution in [3.05, 3.63) is 107 Å². The van der Waals surface area contributed by atoms with Gasteiger partial charge in [-0.3, -0.25) is 4.79 Å². The maximum atomic E-state index is 14.7. The summed E-state index contributed by atoms with van der Waals surface area (Å²) in [6, 6.07) is 24.1. The number of thiazole rings is 1. The number of aromatic nitrogens is 1. The fourth-order valence-electron chi connectivity index (χ4n) is 3.12. The van der Waals surface area contributed by atoms with Crippen molar-refractivity contribution in [2.45, 2.75) is 13.2 Å². The number of halogens is 1. The normalized spacial score (nSPS) is 10.6. The highest BCUT2D eigenvalue weighted by Crippen LogP contribution is 2.29. The van der Waals surface area contributed by atoms with Crippen LogP contribution in [0.15, 0.2) is 84.2 Å². The summed E-state index contributed by atoms with van der Waals surface area (Å²) >= 11 is 1.25. The molecule has 0 aliphatic heterocycles. The van der Waals surface area contributed by atoms with E-state index in [1.165, 1.54) is 17.4 Å². The molecule has 31 heavy (non-hydrogen) atoms. The molecule has 0 aliphatic rings. The predicted octanol–water partition coefficient (Wildman–Crippen LogP) is 5.80. The van der Waals surface area contributed by atoms with Gasteiger partial charge in [-0.2, -0.15) is 0 Å². The number of hydrogen-bond acceptors (Lipinski definition) is 4. The quantitative estimate of drug-likeness (QED) is 0.371. The van der Waals surface area contributed by atoms with Crippen molar-refractivity contribution >= 4 is 17.2 Å². The minimum absolute atomic E-state index is 0.199. The van der Waals surface area contributed by atoms with Gasteiger partial charge in [0.05, 0.1) is 0 Å². The first-order valence-corrected chi connectivity index (χ1v) is 10.7. The summed E-state index contributed by atoms with van der Waals surface area (Å²) in [6.45, 7) is 0.845. The summed E-state index contributed by atoms with van der Waals surface area (Å²) in [6.07, 6.45) is 0. The van der Waals surface area contributed by atoms with E-state index >= 15 is 0 Å². The first kappa shape index (κ1) is 20.8. The Morgan fingerprint density at radius 3 is 2.35 bits per heavy atom. The fraction of sp³-hybridized carbons (Fsp3) is 0.120. The third-order valence-electron chi connectivity index (χ3n) is 4.75. The van der Waals surface area contributed by atoms with Gasteiger partial charge in [-0.05, 0) is 23.3 Å². The maximum absolute atomic E-state index is 14.7. The van der Waals surface area contributed by atoms with Crippen molar-refractivity contribution in [3.8, 4) is 16.3 Å². The molecule has 3 aromatic carbocycles. The van der Waals surface area contributed by atoms with E-state index in [1.54, 1.807) is 29.5 Å². The van der Waals surface area contributed by atoms with Crippen LogP contribution in [0.4, 0.5) is 4.39 Å². The third-order valence-corrected chi connectivity index (χ3v) is 5.63. The van der Waals surface area contributed by atoms with Gasteiger partial charge in [0.15, 0.2) is 0 Å². The molecule has 4 rings (SSSR count). The molecular weight excluding hydrogens is 411 g/mol. The second-order valence-corrected chi connectivity index (χ2v) is 7.96. The van der Waals surface area contributed by atoms with Gasteiger partial charge >= 0.3 is 0 Å². The molecule has 6 heteroatoms. The summed E-state index contributed by atoms with van der Waals surface area (Å²) in [5.74, 6) is -0.188. The van der Waals surface area contributed by atoms with Crippen LogP contribution in [0.1, 0.15) is 21.6 Å². The van der Waals surface area contributed by atoms with E-state index in [9.17, 15) is 9.18 Å². The van der Waals surface area contributed by atoms with Crippen molar-refractivity contribution < 1.29 is 13.9 Å². The van der Waals surface area contributed by atoms with E-state index in [2.05, 4.69) is 4.98 Å². The van der Waals surface area contributed by atoms with E-state index in [-0.39, 0.29) is 5.91 Å². The summed E-state index contributed by atoms with van der Waals surface area (Å²) < 4.78 is 20.4. The molecule has 0 aliphatic carbocycles. The summed E-state index contributed by atoms with van der Waals surface area (Å²) in [5.41, 5.74) is 2.70. The highest BCUT2D eigenvalue weighted by molar-refractivity contribution is 7.13. The summed E-state index contributed by atoms with van der Waals surface area (Å²) in [5, 5.41) is 2.13. The molecular formula is C25H21FN2O2S. The number of hydrogen-bond donors (Lipinski definition) is 0. The molecule has 1 aromatic heterocycles. The molecule has 0 atom stereocenters. The smallest absolute Gasteiger partial charge is 0.273 e. The molecule has 156 valence electrons. The van der Waals surface area contributed by atoms with Gasteiger partial charge < -0.3 is 9.64 Å². The zero-order valence-corrected chi connectivity index (χ0v) is 17.8. The topological polar surface area (TPSA) is 42.4 Å². The highest BCUT2D eigenvalue weighted by atomic mass is 32.1. The monoisotopic (exact) mass is 432 g/mol. The van der Waals surface area contributed by atoms with Gasteiger partial charge in [0.2, 0.25) is 0 Å². The molecule has 4 aromatic rings. The molecule has 0 fully saturated rings. The van der Waals surface area contributed by atoms with Gasteiger partial charge in [-0.1, -0.05) is 60.7 Å². The van der Waals surface area contributed by atoms with Crippen molar-refractivity contribution in [1.29, 1.82) is 0 Å². The zero-order valence-electron chi connectivity index (χ0n) is 17.0. The summed E-state index contributed by atoms with van der Waals surface area (Å²) in [7, 11) is 1.73. The van der Waals surface area contributed by atoms with Crippen LogP contribution in [-0.2, 0) is 13.2 Å². The van der Waals surface area contributed by atoms with Crippen LogP contribution in [0.5, 0.6) is 5.75 Å². The SMILES string of the molecule is CN(Cc1ccccc1)C(=O)c1csc(-c2ccc(OCc3ccccc3)cc2F)n1. The average Bonchev–Trinajstić information content (AvgIpc) is 3.28. The lowest BCUT2D eigenvalue weighted by molar-refractivity contribution is 0.0780. The van der Waals surface area contributed by atoms with E-state index in [0.29, 0.717) is 35.2 Å². The first-order valence-electron chi connectivity index (χ1n) is 9.82. The second-order valence-electron chi connectivity index (χ2n) is 7.10. The first-order chi connectivity index (χ1) is 15.1. The van der Waals surface area contributed by atoms with Crippen LogP contribution in [0.2, 0.25) is 0 Å². The van der Waals surface area contributed by atoms with Gasteiger partial charge in [-0.25, -0.2) is 9.37 Å². The number of carbonyl (C=O) groups is 1. The van der Waals surface area contributed by atoms with E-state index in [0.717, 1.165) is 11.1 Å². The molecule has 0 saturated heterocycles. The molecule has 1 amide bonds. The molecule has 0 bridgehead atoms. The minimum atomic E-state index is -0.434. The van der Waals surface area contributed by atoms with Crippen molar-refractivity contribution in [1.82, 2.24) is 9.88 Å². The molecule has 0 spiro atoms. The number of rotatable bonds is 7.